The summed E-state index contributed by atoms with van der Waals surface area (Å²) in [4.78, 5) is 0. The standard InChI is InChI=1S/C23H30O7/c1-12-8-13-9-15(24)19(27-4)21(29-6)17(13)18-14(11-23(12,2)25)10-16(26-3)20(28-5)22(18)30-7/h9-10,12,24-25H,8,11H2,1-7H3/t12-,23+/m0/s1. The Balaban J connectivity index is 2.53. The molecule has 0 saturated carbocycles. The zero-order chi connectivity index (χ0) is 22.2. The summed E-state index contributed by atoms with van der Waals surface area (Å²) >= 11 is 0. The van der Waals surface area contributed by atoms with Crippen LogP contribution >= 0.6 is 0 Å². The molecule has 0 aromatic heterocycles. The third-order valence-electron chi connectivity index (χ3n) is 6.00. The first kappa shape index (κ1) is 21.9. The topological polar surface area (TPSA) is 86.6 Å². The van der Waals surface area contributed by atoms with Gasteiger partial charge in [0.05, 0.1) is 41.2 Å². The monoisotopic (exact) mass is 418 g/mol. The SMILES string of the molecule is COc1cc2c(c(OC)c1OC)-c1c(cc(O)c(OC)c1OC)C[C@H](C)[C@](C)(O)C2. The molecule has 2 N–H and O–H groups in total. The van der Waals surface area contributed by atoms with E-state index in [1.807, 2.05) is 19.9 Å². The van der Waals surface area contributed by atoms with E-state index in [4.69, 9.17) is 23.7 Å². The molecule has 0 fully saturated rings. The quantitative estimate of drug-likeness (QED) is 0.767. The fraction of sp³-hybridized carbons (Fsp3) is 0.478. The first-order valence-electron chi connectivity index (χ1n) is 9.75. The fourth-order valence-corrected chi connectivity index (χ4v) is 4.24. The smallest absolute Gasteiger partial charge is 0.203 e. The maximum atomic E-state index is 11.2. The van der Waals surface area contributed by atoms with Gasteiger partial charge in [-0.3, -0.25) is 0 Å². The van der Waals surface area contributed by atoms with Crippen molar-refractivity contribution in [2.45, 2.75) is 32.3 Å². The van der Waals surface area contributed by atoms with Gasteiger partial charge in [0, 0.05) is 17.5 Å². The summed E-state index contributed by atoms with van der Waals surface area (Å²) in [7, 11) is 7.67. The van der Waals surface area contributed by atoms with Crippen molar-refractivity contribution < 1.29 is 33.9 Å². The Kier molecular flexibility index (Phi) is 5.94. The van der Waals surface area contributed by atoms with Crippen molar-refractivity contribution in [3.8, 4) is 45.6 Å². The molecule has 1 aliphatic rings. The van der Waals surface area contributed by atoms with E-state index in [9.17, 15) is 10.2 Å². The molecule has 0 unspecified atom stereocenters. The summed E-state index contributed by atoms with van der Waals surface area (Å²) in [5.41, 5.74) is 2.08. The highest BCUT2D eigenvalue weighted by Crippen LogP contribution is 2.55. The summed E-state index contributed by atoms with van der Waals surface area (Å²) < 4.78 is 28.1. The van der Waals surface area contributed by atoms with E-state index in [0.29, 0.717) is 41.4 Å². The van der Waals surface area contributed by atoms with Gasteiger partial charge >= 0.3 is 0 Å². The van der Waals surface area contributed by atoms with E-state index in [-0.39, 0.29) is 17.4 Å². The molecule has 7 heteroatoms. The zero-order valence-corrected chi connectivity index (χ0v) is 18.6. The molecular formula is C23H30O7. The largest absolute Gasteiger partial charge is 0.504 e. The molecule has 1 aliphatic carbocycles. The second kappa shape index (κ2) is 8.14. The number of hydrogen-bond donors (Lipinski definition) is 2. The van der Waals surface area contributed by atoms with Gasteiger partial charge in [-0.2, -0.15) is 0 Å². The number of rotatable bonds is 5. The number of methoxy groups -OCH3 is 5. The highest BCUT2D eigenvalue weighted by molar-refractivity contribution is 5.88. The molecular weight excluding hydrogens is 388 g/mol. The maximum Gasteiger partial charge on any atom is 0.203 e. The molecule has 30 heavy (non-hydrogen) atoms. The average Bonchev–Trinajstić information content (AvgIpc) is 2.71. The number of aromatic hydroxyl groups is 1. The van der Waals surface area contributed by atoms with E-state index < -0.39 is 5.60 Å². The van der Waals surface area contributed by atoms with Gasteiger partial charge in [-0.05, 0) is 42.5 Å². The molecule has 0 saturated heterocycles. The molecule has 164 valence electrons. The van der Waals surface area contributed by atoms with Crippen LogP contribution in [0.2, 0.25) is 0 Å². The molecule has 0 spiro atoms. The van der Waals surface area contributed by atoms with Gasteiger partial charge in [-0.1, -0.05) is 6.92 Å². The number of aliphatic hydroxyl groups is 1. The van der Waals surface area contributed by atoms with Crippen LogP contribution in [0.1, 0.15) is 25.0 Å². The molecule has 0 heterocycles. The molecule has 2 aromatic carbocycles. The van der Waals surface area contributed by atoms with Crippen molar-refractivity contribution in [3.05, 3.63) is 23.3 Å². The van der Waals surface area contributed by atoms with Crippen LogP contribution < -0.4 is 23.7 Å². The van der Waals surface area contributed by atoms with Crippen molar-refractivity contribution in [1.82, 2.24) is 0 Å². The third-order valence-corrected chi connectivity index (χ3v) is 6.00. The molecule has 2 aromatic rings. The maximum absolute atomic E-state index is 11.2. The molecule has 3 rings (SSSR count). The summed E-state index contributed by atoms with van der Waals surface area (Å²) in [6, 6.07) is 3.51. The third kappa shape index (κ3) is 3.37. The molecule has 2 atom stereocenters. The van der Waals surface area contributed by atoms with Crippen LogP contribution in [-0.2, 0) is 12.8 Å². The van der Waals surface area contributed by atoms with Crippen molar-refractivity contribution >= 4 is 0 Å². The van der Waals surface area contributed by atoms with Crippen molar-refractivity contribution in [1.29, 1.82) is 0 Å². The van der Waals surface area contributed by atoms with Gasteiger partial charge < -0.3 is 33.9 Å². The molecule has 0 aliphatic heterocycles. The predicted octanol–water partition coefficient (Wildman–Crippen LogP) is 3.59. The number of phenolic OH excluding ortho intramolecular Hbond substituents is 1. The van der Waals surface area contributed by atoms with Crippen LogP contribution in [0, 0.1) is 5.92 Å². The van der Waals surface area contributed by atoms with Crippen LogP contribution in [0.4, 0.5) is 0 Å². The lowest BCUT2D eigenvalue weighted by Gasteiger charge is -2.35. The van der Waals surface area contributed by atoms with Gasteiger partial charge in [0.2, 0.25) is 11.5 Å². The minimum atomic E-state index is -1.00. The normalized spacial score (nSPS) is 20.3. The summed E-state index contributed by atoms with van der Waals surface area (Å²) in [5.74, 6) is 1.91. The number of fused-ring (bicyclic) bond motifs is 3. The Hall–Kier alpha value is -2.80. The van der Waals surface area contributed by atoms with Gasteiger partial charge in [0.25, 0.3) is 0 Å². The summed E-state index contributed by atoms with van der Waals surface area (Å²) in [6.45, 7) is 3.80. The van der Waals surface area contributed by atoms with Gasteiger partial charge in [0.15, 0.2) is 23.0 Å². The van der Waals surface area contributed by atoms with E-state index in [1.165, 1.54) is 14.2 Å². The van der Waals surface area contributed by atoms with Crippen molar-refractivity contribution in [2.24, 2.45) is 5.92 Å². The minimum absolute atomic E-state index is 0.0264. The molecule has 7 nitrogen and oxygen atoms in total. The van der Waals surface area contributed by atoms with Gasteiger partial charge in [-0.15, -0.1) is 0 Å². The molecule has 0 radical (unpaired) electrons. The number of hydrogen-bond acceptors (Lipinski definition) is 7. The Morgan fingerprint density at radius 3 is 1.87 bits per heavy atom. The van der Waals surface area contributed by atoms with E-state index in [1.54, 1.807) is 27.4 Å². The lowest BCUT2D eigenvalue weighted by molar-refractivity contribution is 0.00628. The Labute approximate surface area is 177 Å². The van der Waals surface area contributed by atoms with Gasteiger partial charge in [-0.25, -0.2) is 0 Å². The van der Waals surface area contributed by atoms with E-state index in [0.717, 1.165) is 16.7 Å². The lowest BCUT2D eigenvalue weighted by Crippen LogP contribution is -2.37. The van der Waals surface area contributed by atoms with Crippen LogP contribution in [0.3, 0.4) is 0 Å². The summed E-state index contributed by atoms with van der Waals surface area (Å²) in [5, 5.41) is 21.8. The van der Waals surface area contributed by atoms with E-state index >= 15 is 0 Å². The highest BCUT2D eigenvalue weighted by atomic mass is 16.5. The Morgan fingerprint density at radius 2 is 1.33 bits per heavy atom. The van der Waals surface area contributed by atoms with Crippen LogP contribution in [-0.4, -0.2) is 51.4 Å². The number of benzene rings is 2. The summed E-state index contributed by atoms with van der Waals surface area (Å²) in [6.07, 6.45) is 0.888. The first-order valence-corrected chi connectivity index (χ1v) is 9.75. The van der Waals surface area contributed by atoms with E-state index in [2.05, 4.69) is 0 Å². The Bertz CT molecular complexity index is 950. The highest BCUT2D eigenvalue weighted by Gasteiger charge is 2.37. The van der Waals surface area contributed by atoms with Crippen molar-refractivity contribution in [3.63, 3.8) is 0 Å². The zero-order valence-electron chi connectivity index (χ0n) is 18.6. The average molecular weight is 418 g/mol. The Morgan fingerprint density at radius 1 is 0.800 bits per heavy atom. The first-order chi connectivity index (χ1) is 14.2. The van der Waals surface area contributed by atoms with Crippen LogP contribution in [0.15, 0.2) is 12.1 Å². The molecule has 0 bridgehead atoms. The van der Waals surface area contributed by atoms with Crippen LogP contribution in [0.5, 0.6) is 34.5 Å². The second-order valence-corrected chi connectivity index (χ2v) is 7.81. The number of phenols is 1. The van der Waals surface area contributed by atoms with Gasteiger partial charge in [0.1, 0.15) is 0 Å². The van der Waals surface area contributed by atoms with Crippen LogP contribution in [0.25, 0.3) is 11.1 Å². The predicted molar refractivity (Wildman–Crippen MR) is 113 cm³/mol. The molecule has 0 amide bonds. The number of ether oxygens (including phenoxy) is 5. The lowest BCUT2D eigenvalue weighted by atomic mass is 9.75. The van der Waals surface area contributed by atoms with Crippen molar-refractivity contribution in [2.75, 3.05) is 35.5 Å². The fourth-order valence-electron chi connectivity index (χ4n) is 4.24. The minimum Gasteiger partial charge on any atom is -0.504 e. The second-order valence-electron chi connectivity index (χ2n) is 7.81.